The predicted molar refractivity (Wildman–Crippen MR) is 78.2 cm³/mol. The van der Waals surface area contributed by atoms with Gasteiger partial charge in [0, 0.05) is 0 Å². The van der Waals surface area contributed by atoms with Gasteiger partial charge in [-0.05, 0) is 27.2 Å². The van der Waals surface area contributed by atoms with Gasteiger partial charge >= 0.3 is 30.0 Å². The molecule has 0 spiro atoms. The Kier molecular flexibility index (Phi) is 9.09. The first-order valence-electron chi connectivity index (χ1n) is 7.71. The van der Waals surface area contributed by atoms with Crippen LogP contribution in [0.1, 0.15) is 40.5 Å². The molecule has 0 aromatic heterocycles. The van der Waals surface area contributed by atoms with E-state index < -0.39 is 61.5 Å². The maximum absolute atomic E-state index is 12.6. The zero-order valence-corrected chi connectivity index (χ0v) is 15.2. The van der Waals surface area contributed by atoms with Crippen molar-refractivity contribution < 1.29 is 55.3 Å². The SMILES string of the molecule is CCC(C)(C)C(=O)OCOC(=O)CC(=O)OC(C)OCC(F)(F)C(F)(F)F. The summed E-state index contributed by atoms with van der Waals surface area (Å²) in [5, 5.41) is 0. The Morgan fingerprint density at radius 2 is 1.52 bits per heavy atom. The summed E-state index contributed by atoms with van der Waals surface area (Å²) < 4.78 is 78.8. The predicted octanol–water partition coefficient (Wildman–Crippen LogP) is 2.96. The Hall–Kier alpha value is -1.98. The monoisotopic (exact) mass is 408 g/mol. The molecule has 158 valence electrons. The fourth-order valence-electron chi connectivity index (χ4n) is 1.22. The zero-order valence-electron chi connectivity index (χ0n) is 15.2. The van der Waals surface area contributed by atoms with E-state index in [1.54, 1.807) is 20.8 Å². The maximum atomic E-state index is 12.6. The molecule has 0 aromatic carbocycles. The second-order valence-corrected chi connectivity index (χ2v) is 6.05. The van der Waals surface area contributed by atoms with Gasteiger partial charge in [0.25, 0.3) is 0 Å². The summed E-state index contributed by atoms with van der Waals surface area (Å²) in [6.45, 7) is 3.05. The van der Waals surface area contributed by atoms with E-state index in [0.717, 1.165) is 6.92 Å². The first-order chi connectivity index (χ1) is 12.1. The summed E-state index contributed by atoms with van der Waals surface area (Å²) >= 11 is 0. The first-order valence-corrected chi connectivity index (χ1v) is 7.71. The van der Waals surface area contributed by atoms with Crippen LogP contribution in [0.15, 0.2) is 0 Å². The van der Waals surface area contributed by atoms with Crippen molar-refractivity contribution in [1.82, 2.24) is 0 Å². The molecular weight excluding hydrogens is 387 g/mol. The second-order valence-electron chi connectivity index (χ2n) is 6.05. The minimum atomic E-state index is -5.82. The molecule has 1 unspecified atom stereocenters. The lowest BCUT2D eigenvalue weighted by atomic mass is 9.91. The molecule has 12 heteroatoms. The molecule has 7 nitrogen and oxygen atoms in total. The summed E-state index contributed by atoms with van der Waals surface area (Å²) in [5.41, 5.74) is -0.795. The fourth-order valence-corrected chi connectivity index (χ4v) is 1.22. The lowest BCUT2D eigenvalue weighted by Gasteiger charge is -2.21. The number of hydrogen-bond donors (Lipinski definition) is 0. The summed E-state index contributed by atoms with van der Waals surface area (Å²) in [6.07, 6.45) is -8.10. The van der Waals surface area contributed by atoms with Crippen LogP contribution in [-0.2, 0) is 33.3 Å². The minimum absolute atomic E-state index is 0.470. The Morgan fingerprint density at radius 3 is 2.00 bits per heavy atom. The highest BCUT2D eigenvalue weighted by Crippen LogP contribution is 2.35. The summed E-state index contributed by atoms with van der Waals surface area (Å²) in [6, 6.07) is 0. The number of alkyl halides is 5. The molecule has 0 aliphatic carbocycles. The van der Waals surface area contributed by atoms with Crippen LogP contribution in [0.4, 0.5) is 22.0 Å². The third-order valence-corrected chi connectivity index (χ3v) is 3.35. The number of hydrogen-bond acceptors (Lipinski definition) is 7. The van der Waals surface area contributed by atoms with Crippen molar-refractivity contribution >= 4 is 17.9 Å². The molecule has 0 saturated carbocycles. The molecule has 1 atom stereocenters. The minimum Gasteiger partial charge on any atom is -0.436 e. The van der Waals surface area contributed by atoms with E-state index in [2.05, 4.69) is 14.2 Å². The zero-order chi connectivity index (χ0) is 21.5. The fraction of sp³-hybridized carbons (Fsp3) is 0.800. The third kappa shape index (κ3) is 8.98. The molecule has 0 radical (unpaired) electrons. The highest BCUT2D eigenvalue weighted by atomic mass is 19.4. The van der Waals surface area contributed by atoms with E-state index in [-0.39, 0.29) is 0 Å². The largest absolute Gasteiger partial charge is 0.455 e. The maximum Gasteiger partial charge on any atom is 0.455 e. The summed E-state index contributed by atoms with van der Waals surface area (Å²) in [7, 11) is 0. The van der Waals surface area contributed by atoms with E-state index in [1.165, 1.54) is 0 Å². The van der Waals surface area contributed by atoms with Gasteiger partial charge in [-0.3, -0.25) is 14.4 Å². The smallest absolute Gasteiger partial charge is 0.436 e. The number of halogens is 5. The van der Waals surface area contributed by atoms with Crippen LogP contribution in [-0.4, -0.2) is 49.7 Å². The summed E-state index contributed by atoms with van der Waals surface area (Å²) in [5.74, 6) is -8.20. The first kappa shape index (κ1) is 25.0. The van der Waals surface area contributed by atoms with Crippen LogP contribution >= 0.6 is 0 Å². The van der Waals surface area contributed by atoms with Gasteiger partial charge in [-0.15, -0.1) is 0 Å². The lowest BCUT2D eigenvalue weighted by molar-refractivity contribution is -0.307. The Balaban J connectivity index is 4.20. The average Bonchev–Trinajstić information content (AvgIpc) is 2.51. The lowest BCUT2D eigenvalue weighted by Crippen LogP contribution is -2.42. The third-order valence-electron chi connectivity index (χ3n) is 3.35. The van der Waals surface area contributed by atoms with Crippen molar-refractivity contribution in [3.05, 3.63) is 0 Å². The molecule has 0 aliphatic rings. The number of esters is 3. The number of carbonyl (C=O) groups excluding carboxylic acids is 3. The van der Waals surface area contributed by atoms with Gasteiger partial charge in [-0.2, -0.15) is 22.0 Å². The molecule has 0 fully saturated rings. The van der Waals surface area contributed by atoms with Gasteiger partial charge in [-0.1, -0.05) is 6.92 Å². The molecular formula is C15H21F5O7. The van der Waals surface area contributed by atoms with Gasteiger partial charge in [0.2, 0.25) is 6.79 Å². The van der Waals surface area contributed by atoms with Gasteiger partial charge < -0.3 is 18.9 Å². The van der Waals surface area contributed by atoms with Crippen molar-refractivity contribution in [3.63, 3.8) is 0 Å². The van der Waals surface area contributed by atoms with Gasteiger partial charge in [0.15, 0.2) is 6.29 Å². The molecule has 0 N–H and O–H groups in total. The van der Waals surface area contributed by atoms with Crippen LogP contribution < -0.4 is 0 Å². The van der Waals surface area contributed by atoms with Crippen molar-refractivity contribution in [3.8, 4) is 0 Å². The molecule has 0 saturated heterocycles. The Bertz CT molecular complexity index is 531. The van der Waals surface area contributed by atoms with E-state index in [0.29, 0.717) is 6.42 Å². The topological polar surface area (TPSA) is 88.1 Å². The molecule has 0 aromatic rings. The van der Waals surface area contributed by atoms with Crippen molar-refractivity contribution in [2.24, 2.45) is 5.41 Å². The van der Waals surface area contributed by atoms with Crippen LogP contribution in [0.25, 0.3) is 0 Å². The molecule has 27 heavy (non-hydrogen) atoms. The van der Waals surface area contributed by atoms with Crippen molar-refractivity contribution in [2.75, 3.05) is 13.4 Å². The van der Waals surface area contributed by atoms with Gasteiger partial charge in [0.05, 0.1) is 5.41 Å². The van der Waals surface area contributed by atoms with Crippen LogP contribution in [0.5, 0.6) is 0 Å². The molecule has 0 bridgehead atoms. The van der Waals surface area contributed by atoms with E-state index >= 15 is 0 Å². The molecule has 0 aliphatic heterocycles. The van der Waals surface area contributed by atoms with E-state index in [1.807, 2.05) is 0 Å². The average molecular weight is 408 g/mol. The van der Waals surface area contributed by atoms with Crippen LogP contribution in [0, 0.1) is 5.41 Å². The molecule has 0 amide bonds. The van der Waals surface area contributed by atoms with Crippen molar-refractivity contribution in [1.29, 1.82) is 0 Å². The Labute approximate surface area is 152 Å². The summed E-state index contributed by atoms with van der Waals surface area (Å²) in [4.78, 5) is 34.3. The van der Waals surface area contributed by atoms with Crippen LogP contribution in [0.3, 0.4) is 0 Å². The van der Waals surface area contributed by atoms with Crippen molar-refractivity contribution in [2.45, 2.75) is 58.9 Å². The number of rotatable bonds is 10. The highest BCUT2D eigenvalue weighted by molar-refractivity contribution is 5.91. The number of carbonyl (C=O) groups is 3. The van der Waals surface area contributed by atoms with Gasteiger partial charge in [0.1, 0.15) is 13.0 Å². The quantitative estimate of drug-likeness (QED) is 0.238. The highest BCUT2D eigenvalue weighted by Gasteiger charge is 2.57. The molecule has 0 heterocycles. The standard InChI is InChI=1S/C15H21F5O7/c1-5-13(3,4)12(23)26-8-25-10(21)6-11(22)27-9(2)24-7-14(16,17)15(18,19)20/h9H,5-8H2,1-4H3. The second kappa shape index (κ2) is 9.81. The van der Waals surface area contributed by atoms with Crippen LogP contribution in [0.2, 0.25) is 0 Å². The van der Waals surface area contributed by atoms with Gasteiger partial charge in [-0.25, -0.2) is 0 Å². The van der Waals surface area contributed by atoms with E-state index in [4.69, 9.17) is 4.74 Å². The number of ether oxygens (including phenoxy) is 4. The normalized spacial score (nSPS) is 13.7. The Morgan fingerprint density at radius 1 is 0.963 bits per heavy atom. The van der Waals surface area contributed by atoms with E-state index in [9.17, 15) is 36.3 Å². The molecule has 0 rings (SSSR count).